The molecule has 0 amide bonds. The zero-order valence-electron chi connectivity index (χ0n) is 21.8. The maximum Gasteiger partial charge on any atom is 0.337 e. The van der Waals surface area contributed by atoms with Crippen molar-refractivity contribution in [2.75, 3.05) is 14.2 Å². The first-order valence-electron chi connectivity index (χ1n) is 13.2. The number of carbonyl (C=O) groups excluding carboxylic acids is 2. The molecule has 6 heteroatoms. The van der Waals surface area contributed by atoms with Crippen molar-refractivity contribution in [2.45, 2.75) is 69.8 Å². The van der Waals surface area contributed by atoms with E-state index in [0.717, 1.165) is 48.2 Å². The predicted octanol–water partition coefficient (Wildman–Crippen LogP) is 5.94. The van der Waals surface area contributed by atoms with E-state index in [1.54, 1.807) is 14.2 Å². The highest BCUT2D eigenvalue weighted by Gasteiger charge is 2.43. The summed E-state index contributed by atoms with van der Waals surface area (Å²) in [5.41, 5.74) is 4.56. The molecular weight excluding hydrogens is 466 g/mol. The highest BCUT2D eigenvalue weighted by Crippen LogP contribution is 2.48. The van der Waals surface area contributed by atoms with Crippen LogP contribution < -0.4 is 14.8 Å². The molecule has 1 fully saturated rings. The number of esters is 1. The Hall–Kier alpha value is -3.54. The number of methoxy groups -OCH3 is 2. The monoisotopic (exact) mass is 501 g/mol. The van der Waals surface area contributed by atoms with Crippen molar-refractivity contribution < 1.29 is 23.8 Å². The Bertz CT molecular complexity index is 1240. The number of Topliss-reactive ketones (excluding diaryl/α,β-unsaturated/α-hetero) is 1. The van der Waals surface area contributed by atoms with Gasteiger partial charge in [-0.15, -0.1) is 0 Å². The second-order valence-electron chi connectivity index (χ2n) is 10.2. The Morgan fingerprint density at radius 3 is 2.41 bits per heavy atom. The quantitative estimate of drug-likeness (QED) is 0.494. The van der Waals surface area contributed by atoms with Gasteiger partial charge in [0.2, 0.25) is 0 Å². The minimum Gasteiger partial charge on any atom is -0.497 e. The van der Waals surface area contributed by atoms with Gasteiger partial charge in [-0.05, 0) is 68.7 Å². The van der Waals surface area contributed by atoms with Crippen LogP contribution in [0, 0.1) is 0 Å². The summed E-state index contributed by atoms with van der Waals surface area (Å²) in [6.45, 7) is 1.90. The third-order valence-electron chi connectivity index (χ3n) is 7.89. The van der Waals surface area contributed by atoms with Crippen molar-refractivity contribution in [3.63, 3.8) is 0 Å². The molecule has 2 aliphatic carbocycles. The number of ketones is 1. The van der Waals surface area contributed by atoms with Gasteiger partial charge in [0.15, 0.2) is 5.78 Å². The number of ether oxygens (including phenoxy) is 3. The lowest BCUT2D eigenvalue weighted by molar-refractivity contribution is -0.146. The lowest BCUT2D eigenvalue weighted by Crippen LogP contribution is -2.37. The predicted molar refractivity (Wildman–Crippen MR) is 142 cm³/mol. The van der Waals surface area contributed by atoms with Gasteiger partial charge in [-0.1, -0.05) is 36.8 Å². The van der Waals surface area contributed by atoms with Crippen molar-refractivity contribution >= 4 is 11.8 Å². The topological polar surface area (TPSA) is 73.9 Å². The molecule has 0 bridgehead atoms. The third kappa shape index (κ3) is 5.02. The Morgan fingerprint density at radius 2 is 1.70 bits per heavy atom. The van der Waals surface area contributed by atoms with E-state index < -0.39 is 5.92 Å². The first kappa shape index (κ1) is 25.1. The average Bonchev–Trinajstić information content (AvgIpc) is 2.92. The molecule has 1 aliphatic heterocycles. The third-order valence-corrected chi connectivity index (χ3v) is 7.89. The SMILES string of the molecule is COc1ccc(OC)c([C@H]2C(C(=O)OC3CCCCC3)=C(C)NC3=C2C(=O)C[C@@H](c2ccccc2)C3)c1. The van der Waals surface area contributed by atoms with Crippen molar-refractivity contribution in [3.05, 3.63) is 82.2 Å². The summed E-state index contributed by atoms with van der Waals surface area (Å²) in [5, 5.41) is 3.45. The molecule has 6 nitrogen and oxygen atoms in total. The second-order valence-corrected chi connectivity index (χ2v) is 10.2. The van der Waals surface area contributed by atoms with Gasteiger partial charge >= 0.3 is 5.97 Å². The van der Waals surface area contributed by atoms with Gasteiger partial charge in [-0.25, -0.2) is 4.79 Å². The number of dihydropyridines is 1. The summed E-state index contributed by atoms with van der Waals surface area (Å²) in [7, 11) is 3.21. The maximum atomic E-state index is 13.9. The number of allylic oxidation sites excluding steroid dienone is 3. The summed E-state index contributed by atoms with van der Waals surface area (Å²) in [6.07, 6.45) is 6.05. The van der Waals surface area contributed by atoms with E-state index in [0.29, 0.717) is 35.5 Å². The van der Waals surface area contributed by atoms with Crippen LogP contribution >= 0.6 is 0 Å². The Balaban J connectivity index is 1.59. The van der Waals surface area contributed by atoms with Gasteiger partial charge in [0.1, 0.15) is 17.6 Å². The summed E-state index contributed by atoms with van der Waals surface area (Å²) >= 11 is 0. The van der Waals surface area contributed by atoms with Crippen molar-refractivity contribution in [2.24, 2.45) is 0 Å². The molecule has 2 atom stereocenters. The van der Waals surface area contributed by atoms with Crippen molar-refractivity contribution in [1.82, 2.24) is 5.32 Å². The minimum absolute atomic E-state index is 0.0351. The van der Waals surface area contributed by atoms with Gasteiger partial charge < -0.3 is 19.5 Å². The van der Waals surface area contributed by atoms with Gasteiger partial charge in [0.05, 0.1) is 25.7 Å². The molecule has 0 saturated heterocycles. The van der Waals surface area contributed by atoms with Crippen LogP contribution in [-0.4, -0.2) is 32.1 Å². The van der Waals surface area contributed by atoms with Gasteiger partial charge in [0.25, 0.3) is 0 Å². The van der Waals surface area contributed by atoms with E-state index >= 15 is 0 Å². The average molecular weight is 502 g/mol. The number of hydrogen-bond acceptors (Lipinski definition) is 6. The van der Waals surface area contributed by atoms with E-state index in [1.165, 1.54) is 6.42 Å². The second kappa shape index (κ2) is 10.8. The van der Waals surface area contributed by atoms with E-state index in [-0.39, 0.29) is 23.8 Å². The molecule has 5 rings (SSSR count). The number of nitrogens with one attached hydrogen (secondary N) is 1. The lowest BCUT2D eigenvalue weighted by Gasteiger charge is -2.37. The molecule has 0 unspecified atom stereocenters. The smallest absolute Gasteiger partial charge is 0.337 e. The van der Waals surface area contributed by atoms with Gasteiger partial charge in [-0.3, -0.25) is 4.79 Å². The molecule has 1 saturated carbocycles. The Morgan fingerprint density at radius 1 is 0.946 bits per heavy atom. The van der Waals surface area contributed by atoms with Gasteiger partial charge in [-0.2, -0.15) is 0 Å². The van der Waals surface area contributed by atoms with Crippen molar-refractivity contribution in [3.8, 4) is 11.5 Å². The summed E-state index contributed by atoms with van der Waals surface area (Å²) in [5.74, 6) is 0.398. The summed E-state index contributed by atoms with van der Waals surface area (Å²) in [4.78, 5) is 27.6. The number of rotatable bonds is 6. The first-order valence-corrected chi connectivity index (χ1v) is 13.2. The fraction of sp³-hybridized carbons (Fsp3) is 0.419. The van der Waals surface area contributed by atoms with Gasteiger partial charge in [0, 0.05) is 29.0 Å². The molecule has 1 heterocycles. The Labute approximate surface area is 218 Å². The highest BCUT2D eigenvalue weighted by molar-refractivity contribution is 6.04. The molecule has 3 aliphatic rings. The Kier molecular flexibility index (Phi) is 7.36. The molecule has 2 aromatic carbocycles. The standard InChI is InChI=1S/C31H35NO5/c1-19-28(31(34)37-22-12-8-5-9-13-22)29(24-18-23(35-2)14-15-27(24)36-3)30-25(32-19)16-21(17-26(30)33)20-10-6-4-7-11-20/h4,6-7,10-11,14-15,18,21-22,29,32H,5,8-9,12-13,16-17H2,1-3H3/t21-,29-/m0/s1. The van der Waals surface area contributed by atoms with Crippen LogP contribution in [0.1, 0.15) is 74.8 Å². The zero-order chi connectivity index (χ0) is 25.9. The molecule has 37 heavy (non-hydrogen) atoms. The number of carbonyl (C=O) groups is 2. The highest BCUT2D eigenvalue weighted by atomic mass is 16.5. The van der Waals surface area contributed by atoms with Crippen LogP contribution in [0.25, 0.3) is 0 Å². The van der Waals surface area contributed by atoms with Crippen LogP contribution in [-0.2, 0) is 14.3 Å². The molecule has 2 aromatic rings. The first-order chi connectivity index (χ1) is 18.0. The molecule has 0 aromatic heterocycles. The molecule has 194 valence electrons. The van der Waals surface area contributed by atoms with Crippen LogP contribution in [0.2, 0.25) is 0 Å². The summed E-state index contributed by atoms with van der Waals surface area (Å²) in [6, 6.07) is 15.7. The number of benzene rings is 2. The van der Waals surface area contributed by atoms with Crippen LogP contribution in [0.15, 0.2) is 71.1 Å². The van der Waals surface area contributed by atoms with Crippen LogP contribution in [0.5, 0.6) is 11.5 Å². The largest absolute Gasteiger partial charge is 0.497 e. The molecular formula is C31H35NO5. The fourth-order valence-corrected chi connectivity index (χ4v) is 6.04. The van der Waals surface area contributed by atoms with Crippen molar-refractivity contribution in [1.29, 1.82) is 0 Å². The molecule has 0 spiro atoms. The zero-order valence-corrected chi connectivity index (χ0v) is 21.8. The number of hydrogen-bond donors (Lipinski definition) is 1. The van der Waals surface area contributed by atoms with E-state index in [9.17, 15) is 9.59 Å². The van der Waals surface area contributed by atoms with E-state index in [4.69, 9.17) is 14.2 Å². The normalized spacial score (nSPS) is 22.3. The fourth-order valence-electron chi connectivity index (χ4n) is 6.04. The maximum absolute atomic E-state index is 13.9. The van der Waals surface area contributed by atoms with Crippen LogP contribution in [0.4, 0.5) is 0 Å². The van der Waals surface area contributed by atoms with Crippen LogP contribution in [0.3, 0.4) is 0 Å². The lowest BCUT2D eigenvalue weighted by atomic mass is 9.71. The van der Waals surface area contributed by atoms with E-state index in [2.05, 4.69) is 17.4 Å². The minimum atomic E-state index is -0.596. The molecule has 0 radical (unpaired) electrons. The molecule has 1 N–H and O–H groups in total. The summed E-state index contributed by atoms with van der Waals surface area (Å²) < 4.78 is 17.3. The van der Waals surface area contributed by atoms with E-state index in [1.807, 2.05) is 43.3 Å².